The van der Waals surface area contributed by atoms with Crippen molar-refractivity contribution < 1.29 is 4.74 Å². The summed E-state index contributed by atoms with van der Waals surface area (Å²) in [6.07, 6.45) is 0. The number of benzene rings is 1. The van der Waals surface area contributed by atoms with Crippen LogP contribution in [-0.2, 0) is 13.6 Å². The van der Waals surface area contributed by atoms with E-state index < -0.39 is 0 Å². The van der Waals surface area contributed by atoms with Crippen molar-refractivity contribution in [2.24, 2.45) is 13.0 Å². The van der Waals surface area contributed by atoms with Crippen LogP contribution >= 0.6 is 22.6 Å². The lowest BCUT2D eigenvalue weighted by Gasteiger charge is -2.11. The van der Waals surface area contributed by atoms with Gasteiger partial charge in [-0.3, -0.25) is 0 Å². The molecule has 4 nitrogen and oxygen atoms in total. The van der Waals surface area contributed by atoms with E-state index in [-0.39, 0.29) is 0 Å². The highest BCUT2D eigenvalue weighted by Crippen LogP contribution is 2.30. The molecule has 0 radical (unpaired) electrons. The first kappa shape index (κ1) is 16.3. The first-order chi connectivity index (χ1) is 9.99. The van der Waals surface area contributed by atoms with Crippen LogP contribution in [0.3, 0.4) is 0 Å². The van der Waals surface area contributed by atoms with Crippen LogP contribution in [0.15, 0.2) is 24.3 Å². The van der Waals surface area contributed by atoms with E-state index in [0.717, 1.165) is 39.5 Å². The molecule has 5 heteroatoms. The molecule has 0 saturated heterocycles. The van der Waals surface area contributed by atoms with Gasteiger partial charge in [-0.25, -0.2) is 4.68 Å². The summed E-state index contributed by atoms with van der Waals surface area (Å²) >= 11 is 2.28. The fourth-order valence-electron chi connectivity index (χ4n) is 2.13. The first-order valence-electron chi connectivity index (χ1n) is 7.14. The van der Waals surface area contributed by atoms with Gasteiger partial charge < -0.3 is 10.1 Å². The molecule has 1 heterocycles. The van der Waals surface area contributed by atoms with E-state index in [1.54, 1.807) is 0 Å². The van der Waals surface area contributed by atoms with Crippen LogP contribution in [0.2, 0.25) is 0 Å². The van der Waals surface area contributed by atoms with E-state index in [0.29, 0.717) is 5.92 Å². The number of halogens is 1. The molecule has 0 aliphatic carbocycles. The number of rotatable bonds is 6. The predicted octanol–water partition coefficient (Wildman–Crippen LogP) is 3.87. The Labute approximate surface area is 140 Å². The van der Waals surface area contributed by atoms with Crippen LogP contribution in [0.5, 0.6) is 11.6 Å². The molecular formula is C16H22IN3O. The number of ether oxygens (including phenoxy) is 1. The summed E-state index contributed by atoms with van der Waals surface area (Å²) in [7, 11) is 1.92. The quantitative estimate of drug-likeness (QED) is 0.750. The van der Waals surface area contributed by atoms with Gasteiger partial charge in [0.15, 0.2) is 0 Å². The van der Waals surface area contributed by atoms with Crippen LogP contribution in [-0.4, -0.2) is 16.3 Å². The Morgan fingerprint density at radius 3 is 2.71 bits per heavy atom. The lowest BCUT2D eigenvalue weighted by Crippen LogP contribution is -2.19. The molecule has 0 spiro atoms. The maximum atomic E-state index is 6.10. The van der Waals surface area contributed by atoms with Gasteiger partial charge in [0.2, 0.25) is 5.88 Å². The molecule has 0 aliphatic rings. The fourth-order valence-corrected chi connectivity index (χ4v) is 2.63. The number of nitrogens with one attached hydrogen (secondary N) is 1. The smallest absolute Gasteiger partial charge is 0.222 e. The first-order valence-corrected chi connectivity index (χ1v) is 8.22. The third-order valence-electron chi connectivity index (χ3n) is 3.19. The van der Waals surface area contributed by atoms with E-state index in [4.69, 9.17) is 4.74 Å². The second-order valence-corrected chi connectivity index (χ2v) is 6.71. The van der Waals surface area contributed by atoms with Crippen molar-refractivity contribution in [3.8, 4) is 11.6 Å². The molecule has 21 heavy (non-hydrogen) atoms. The van der Waals surface area contributed by atoms with E-state index in [9.17, 15) is 0 Å². The zero-order valence-corrected chi connectivity index (χ0v) is 15.1. The average molecular weight is 399 g/mol. The van der Waals surface area contributed by atoms with Crippen molar-refractivity contribution in [3.05, 3.63) is 39.1 Å². The van der Waals surface area contributed by atoms with Gasteiger partial charge in [0, 0.05) is 13.6 Å². The van der Waals surface area contributed by atoms with E-state index in [1.165, 1.54) is 0 Å². The molecule has 114 valence electrons. The molecule has 1 aromatic heterocycles. The third kappa shape index (κ3) is 4.20. The summed E-state index contributed by atoms with van der Waals surface area (Å²) in [5.74, 6) is 2.31. The molecule has 1 aromatic carbocycles. The molecule has 0 fully saturated rings. The number of nitrogens with zero attached hydrogens (tertiary/aromatic N) is 2. The highest BCUT2D eigenvalue weighted by Gasteiger charge is 2.16. The Kier molecular flexibility index (Phi) is 5.64. The van der Waals surface area contributed by atoms with Crippen molar-refractivity contribution in [2.75, 3.05) is 6.54 Å². The maximum Gasteiger partial charge on any atom is 0.222 e. The van der Waals surface area contributed by atoms with Crippen molar-refractivity contribution in [1.82, 2.24) is 15.1 Å². The standard InChI is InChI=1S/C16H22IN3O/c1-11(2)9-18-10-13-12(3)19-20(4)16(13)21-15-8-6-5-7-14(15)17/h5-8,11,18H,9-10H2,1-4H3. The molecule has 0 amide bonds. The number of aryl methyl sites for hydroxylation is 2. The van der Waals surface area contributed by atoms with Gasteiger partial charge in [-0.1, -0.05) is 26.0 Å². The Hall–Kier alpha value is -1.08. The minimum absolute atomic E-state index is 0.626. The zero-order valence-electron chi connectivity index (χ0n) is 13.0. The van der Waals surface area contributed by atoms with Crippen LogP contribution in [0, 0.1) is 16.4 Å². The van der Waals surface area contributed by atoms with Crippen LogP contribution in [0.25, 0.3) is 0 Å². The Morgan fingerprint density at radius 2 is 2.05 bits per heavy atom. The monoisotopic (exact) mass is 399 g/mol. The molecule has 0 saturated carbocycles. The Morgan fingerprint density at radius 1 is 1.33 bits per heavy atom. The van der Waals surface area contributed by atoms with Gasteiger partial charge in [-0.15, -0.1) is 0 Å². The second-order valence-electron chi connectivity index (χ2n) is 5.55. The zero-order chi connectivity index (χ0) is 15.4. The lowest BCUT2D eigenvalue weighted by atomic mass is 10.2. The molecule has 0 aliphatic heterocycles. The average Bonchev–Trinajstić information content (AvgIpc) is 2.67. The van der Waals surface area contributed by atoms with Gasteiger partial charge >= 0.3 is 0 Å². The highest BCUT2D eigenvalue weighted by molar-refractivity contribution is 14.1. The summed E-state index contributed by atoms with van der Waals surface area (Å²) in [4.78, 5) is 0. The molecular weight excluding hydrogens is 377 g/mol. The second kappa shape index (κ2) is 7.26. The number of para-hydroxylation sites is 1. The van der Waals surface area contributed by atoms with Crippen LogP contribution in [0.4, 0.5) is 0 Å². The van der Waals surface area contributed by atoms with Gasteiger partial charge in [0.1, 0.15) is 5.75 Å². The van der Waals surface area contributed by atoms with E-state index >= 15 is 0 Å². The van der Waals surface area contributed by atoms with Gasteiger partial charge in [0.05, 0.1) is 14.8 Å². The molecule has 2 rings (SSSR count). The minimum Gasteiger partial charge on any atom is -0.438 e. The van der Waals surface area contributed by atoms with Gasteiger partial charge in [-0.2, -0.15) is 5.10 Å². The molecule has 0 bridgehead atoms. The van der Waals surface area contributed by atoms with Gasteiger partial charge in [0.25, 0.3) is 0 Å². The Bertz CT molecular complexity index is 608. The summed E-state index contributed by atoms with van der Waals surface area (Å²) in [5, 5.41) is 7.94. The van der Waals surface area contributed by atoms with Crippen molar-refractivity contribution in [3.63, 3.8) is 0 Å². The van der Waals surface area contributed by atoms with Crippen molar-refractivity contribution >= 4 is 22.6 Å². The number of hydrogen-bond acceptors (Lipinski definition) is 3. The topological polar surface area (TPSA) is 39.1 Å². The summed E-state index contributed by atoms with van der Waals surface area (Å²) < 4.78 is 9.01. The van der Waals surface area contributed by atoms with Crippen molar-refractivity contribution in [1.29, 1.82) is 0 Å². The molecule has 1 N–H and O–H groups in total. The van der Waals surface area contributed by atoms with Crippen LogP contribution in [0.1, 0.15) is 25.1 Å². The number of hydrogen-bond donors (Lipinski definition) is 1. The largest absolute Gasteiger partial charge is 0.438 e. The fraction of sp³-hybridized carbons (Fsp3) is 0.438. The molecule has 2 aromatic rings. The number of aromatic nitrogens is 2. The van der Waals surface area contributed by atoms with E-state index in [1.807, 2.05) is 42.9 Å². The van der Waals surface area contributed by atoms with Crippen LogP contribution < -0.4 is 10.1 Å². The van der Waals surface area contributed by atoms with E-state index in [2.05, 4.69) is 46.9 Å². The summed E-state index contributed by atoms with van der Waals surface area (Å²) in [6, 6.07) is 8.01. The summed E-state index contributed by atoms with van der Waals surface area (Å²) in [6.45, 7) is 8.18. The predicted molar refractivity (Wildman–Crippen MR) is 93.7 cm³/mol. The minimum atomic E-state index is 0.626. The summed E-state index contributed by atoms with van der Waals surface area (Å²) in [5.41, 5.74) is 2.13. The lowest BCUT2D eigenvalue weighted by molar-refractivity contribution is 0.420. The maximum absolute atomic E-state index is 6.10. The molecule has 0 unspecified atom stereocenters. The third-order valence-corrected chi connectivity index (χ3v) is 4.08. The Balaban J connectivity index is 2.20. The SMILES string of the molecule is Cc1nn(C)c(Oc2ccccc2I)c1CNCC(C)C. The normalized spacial score (nSPS) is 11.1. The molecule has 0 atom stereocenters. The highest BCUT2D eigenvalue weighted by atomic mass is 127. The van der Waals surface area contributed by atoms with Crippen molar-refractivity contribution in [2.45, 2.75) is 27.3 Å². The van der Waals surface area contributed by atoms with Gasteiger partial charge in [-0.05, 0) is 54.1 Å².